The van der Waals surface area contributed by atoms with E-state index < -0.39 is 5.97 Å². The molecule has 4 rings (SSSR count). The van der Waals surface area contributed by atoms with E-state index in [0.29, 0.717) is 22.9 Å². The lowest BCUT2D eigenvalue weighted by Gasteiger charge is -2.19. The van der Waals surface area contributed by atoms with Crippen molar-refractivity contribution in [1.29, 1.82) is 0 Å². The van der Waals surface area contributed by atoms with Gasteiger partial charge in [-0.15, -0.1) is 11.3 Å². The number of carboxylic acids is 1. The predicted molar refractivity (Wildman–Crippen MR) is 154 cm³/mol. The van der Waals surface area contributed by atoms with Gasteiger partial charge >= 0.3 is 12.0 Å². The number of carbonyl (C=O) groups is 3. The minimum atomic E-state index is -0.855. The number of benzene rings is 3. The maximum absolute atomic E-state index is 13.2. The number of amides is 3. The predicted octanol–water partition coefficient (Wildman–Crippen LogP) is 6.30. The summed E-state index contributed by atoms with van der Waals surface area (Å²) in [6.07, 6.45) is 0.0334. The zero-order valence-corrected chi connectivity index (χ0v) is 22.8. The van der Waals surface area contributed by atoms with Crippen LogP contribution < -0.4 is 15.5 Å². The lowest BCUT2D eigenvalue weighted by molar-refractivity contribution is -0.137. The Morgan fingerprint density at radius 3 is 2.41 bits per heavy atom. The molecular weight excluding hydrogens is 512 g/mol. The van der Waals surface area contributed by atoms with Crippen LogP contribution >= 0.6 is 11.3 Å². The van der Waals surface area contributed by atoms with E-state index in [-0.39, 0.29) is 24.3 Å². The fourth-order valence-corrected chi connectivity index (χ4v) is 4.97. The number of nitrogens with one attached hydrogen (secondary N) is 2. The van der Waals surface area contributed by atoms with Crippen LogP contribution in [0.25, 0.3) is 11.3 Å². The Morgan fingerprint density at radius 2 is 1.72 bits per heavy atom. The van der Waals surface area contributed by atoms with Crippen LogP contribution in [0.15, 0.2) is 78.9 Å². The number of rotatable bonds is 9. The number of urea groups is 1. The van der Waals surface area contributed by atoms with E-state index in [1.807, 2.05) is 68.4 Å². The van der Waals surface area contributed by atoms with E-state index in [4.69, 9.17) is 5.11 Å². The van der Waals surface area contributed by atoms with Gasteiger partial charge in [0.1, 0.15) is 0 Å². The number of carboxylic acid groups (broad SMARTS) is 1. The Bertz CT molecular complexity index is 1470. The summed E-state index contributed by atoms with van der Waals surface area (Å²) in [4.78, 5) is 43.7. The molecule has 0 saturated heterocycles. The Kier molecular flexibility index (Phi) is 8.73. The summed E-state index contributed by atoms with van der Waals surface area (Å²) in [6.45, 7) is 4.20. The monoisotopic (exact) mass is 542 g/mol. The SMILES string of the molecule is Cc1sc(NC(=O)NCc2ccccc2)nc1-c1cccc(N(C)C(=O)c2ccc(C(C)CC(=O)O)cc2)c1. The van der Waals surface area contributed by atoms with Gasteiger partial charge in [-0.25, -0.2) is 9.78 Å². The average molecular weight is 543 g/mol. The highest BCUT2D eigenvalue weighted by Gasteiger charge is 2.18. The van der Waals surface area contributed by atoms with Crippen molar-refractivity contribution < 1.29 is 19.5 Å². The van der Waals surface area contributed by atoms with E-state index in [1.54, 1.807) is 36.2 Å². The molecule has 1 aromatic heterocycles. The fraction of sp³-hybridized carbons (Fsp3) is 0.200. The maximum atomic E-state index is 13.2. The van der Waals surface area contributed by atoms with Crippen molar-refractivity contribution in [3.05, 3.63) is 100 Å². The van der Waals surface area contributed by atoms with Crippen LogP contribution in [-0.2, 0) is 11.3 Å². The molecule has 0 radical (unpaired) electrons. The molecule has 4 aromatic rings. The van der Waals surface area contributed by atoms with E-state index in [2.05, 4.69) is 15.6 Å². The standard InChI is InChI=1S/C30H30N4O4S/c1-19(16-26(35)36)22-12-14-23(15-13-22)28(37)34(3)25-11-7-10-24(17-25)27-20(2)39-30(32-27)33-29(38)31-18-21-8-5-4-6-9-21/h4-15,17,19H,16,18H2,1-3H3,(H,35,36)(H2,31,32,33,38). The summed E-state index contributed by atoms with van der Waals surface area (Å²) in [7, 11) is 1.71. The van der Waals surface area contributed by atoms with Crippen LogP contribution in [0.1, 0.15) is 45.6 Å². The van der Waals surface area contributed by atoms with Crippen LogP contribution in [0.5, 0.6) is 0 Å². The molecule has 0 bridgehead atoms. The van der Waals surface area contributed by atoms with E-state index in [9.17, 15) is 14.4 Å². The van der Waals surface area contributed by atoms with Crippen LogP contribution in [0.2, 0.25) is 0 Å². The van der Waals surface area contributed by atoms with Gasteiger partial charge in [-0.05, 0) is 48.2 Å². The van der Waals surface area contributed by atoms with Gasteiger partial charge in [0, 0.05) is 35.3 Å². The molecule has 0 aliphatic rings. The average Bonchev–Trinajstić information content (AvgIpc) is 3.31. The summed E-state index contributed by atoms with van der Waals surface area (Å²) in [5.74, 6) is -1.18. The number of carbonyl (C=O) groups excluding carboxylic acids is 2. The zero-order chi connectivity index (χ0) is 27.9. The molecule has 0 aliphatic heterocycles. The quantitative estimate of drug-likeness (QED) is 0.230. The van der Waals surface area contributed by atoms with Crippen molar-refractivity contribution in [1.82, 2.24) is 10.3 Å². The third-order valence-electron chi connectivity index (χ3n) is 6.33. The molecule has 0 fully saturated rings. The second kappa shape index (κ2) is 12.4. The fourth-order valence-electron chi connectivity index (χ4n) is 4.14. The van der Waals surface area contributed by atoms with Crippen molar-refractivity contribution >= 4 is 40.1 Å². The highest BCUT2D eigenvalue weighted by Crippen LogP contribution is 2.32. The largest absolute Gasteiger partial charge is 0.481 e. The second-order valence-corrected chi connectivity index (χ2v) is 10.5. The van der Waals surface area contributed by atoms with Crippen molar-refractivity contribution in [3.63, 3.8) is 0 Å². The minimum Gasteiger partial charge on any atom is -0.481 e. The van der Waals surface area contributed by atoms with Crippen LogP contribution in [0.3, 0.4) is 0 Å². The number of hydrogen-bond donors (Lipinski definition) is 3. The van der Waals surface area contributed by atoms with E-state index in [0.717, 1.165) is 27.3 Å². The Hall–Kier alpha value is -4.50. The second-order valence-electron chi connectivity index (χ2n) is 9.25. The van der Waals surface area contributed by atoms with Crippen molar-refractivity contribution in [2.75, 3.05) is 17.3 Å². The normalized spacial score (nSPS) is 11.5. The molecule has 1 heterocycles. The first kappa shape index (κ1) is 27.5. The molecule has 39 heavy (non-hydrogen) atoms. The third-order valence-corrected chi connectivity index (χ3v) is 7.22. The maximum Gasteiger partial charge on any atom is 0.321 e. The highest BCUT2D eigenvalue weighted by atomic mass is 32.1. The number of nitrogens with zero attached hydrogens (tertiary/aromatic N) is 2. The minimum absolute atomic E-state index is 0.0334. The van der Waals surface area contributed by atoms with E-state index in [1.165, 1.54) is 11.3 Å². The summed E-state index contributed by atoms with van der Waals surface area (Å²) in [5.41, 5.74) is 4.64. The van der Waals surface area contributed by atoms with Crippen LogP contribution in [-0.4, -0.2) is 35.0 Å². The smallest absolute Gasteiger partial charge is 0.321 e. The third kappa shape index (κ3) is 7.08. The van der Waals surface area contributed by atoms with E-state index >= 15 is 0 Å². The van der Waals surface area contributed by atoms with Crippen molar-refractivity contribution in [2.45, 2.75) is 32.7 Å². The molecule has 0 spiro atoms. The number of aliphatic carboxylic acids is 1. The first-order valence-corrected chi connectivity index (χ1v) is 13.3. The van der Waals surface area contributed by atoms with Crippen LogP contribution in [0.4, 0.5) is 15.6 Å². The number of aryl methyl sites for hydroxylation is 1. The zero-order valence-electron chi connectivity index (χ0n) is 22.0. The summed E-state index contributed by atoms with van der Waals surface area (Å²) < 4.78 is 0. The number of anilines is 2. The Labute approximate surface area is 231 Å². The molecule has 200 valence electrons. The summed E-state index contributed by atoms with van der Waals surface area (Å²) in [5, 5.41) is 15.1. The van der Waals surface area contributed by atoms with Gasteiger partial charge in [-0.3, -0.25) is 14.9 Å². The lowest BCUT2D eigenvalue weighted by atomic mass is 9.96. The van der Waals surface area contributed by atoms with Gasteiger partial charge in [0.05, 0.1) is 12.1 Å². The first-order chi connectivity index (χ1) is 18.7. The van der Waals surface area contributed by atoms with Crippen LogP contribution in [0, 0.1) is 6.92 Å². The van der Waals surface area contributed by atoms with Gasteiger partial charge in [-0.2, -0.15) is 0 Å². The highest BCUT2D eigenvalue weighted by molar-refractivity contribution is 7.16. The van der Waals surface area contributed by atoms with Gasteiger partial charge in [-0.1, -0.05) is 61.5 Å². The molecule has 3 N–H and O–H groups in total. The molecule has 0 saturated carbocycles. The Balaban J connectivity index is 1.43. The summed E-state index contributed by atoms with van der Waals surface area (Å²) in [6, 6.07) is 23.9. The molecule has 1 atom stereocenters. The molecule has 8 nitrogen and oxygen atoms in total. The number of hydrogen-bond acceptors (Lipinski definition) is 5. The Morgan fingerprint density at radius 1 is 1.00 bits per heavy atom. The number of thiazole rings is 1. The lowest BCUT2D eigenvalue weighted by Crippen LogP contribution is -2.28. The van der Waals surface area contributed by atoms with Gasteiger partial charge in [0.15, 0.2) is 5.13 Å². The summed E-state index contributed by atoms with van der Waals surface area (Å²) >= 11 is 1.38. The molecule has 9 heteroatoms. The molecule has 3 amide bonds. The van der Waals surface area contributed by atoms with Crippen molar-refractivity contribution in [2.24, 2.45) is 0 Å². The first-order valence-electron chi connectivity index (χ1n) is 12.5. The molecule has 1 unspecified atom stereocenters. The number of aromatic nitrogens is 1. The van der Waals surface area contributed by atoms with Gasteiger partial charge < -0.3 is 15.3 Å². The molecule has 0 aliphatic carbocycles. The van der Waals surface area contributed by atoms with Gasteiger partial charge in [0.25, 0.3) is 5.91 Å². The molecule has 3 aromatic carbocycles. The van der Waals surface area contributed by atoms with Gasteiger partial charge in [0.2, 0.25) is 0 Å². The topological polar surface area (TPSA) is 112 Å². The molecular formula is C30H30N4O4S. The van der Waals surface area contributed by atoms with Crippen molar-refractivity contribution in [3.8, 4) is 11.3 Å².